The minimum atomic E-state index is -1.11. The summed E-state index contributed by atoms with van der Waals surface area (Å²) in [5.41, 5.74) is 0. The van der Waals surface area contributed by atoms with Crippen molar-refractivity contribution in [2.75, 3.05) is 27.1 Å². The maximum absolute atomic E-state index is 11.3. The van der Waals surface area contributed by atoms with Crippen molar-refractivity contribution in [3.05, 3.63) is 0 Å². The van der Waals surface area contributed by atoms with Crippen LogP contribution in [0.1, 0.15) is 34.6 Å². The first kappa shape index (κ1) is 25.5. The largest absolute Gasteiger partial charge is 0.459 e. The molecule has 0 saturated carbocycles. The average molecular weight is 393 g/mol. The van der Waals surface area contributed by atoms with Gasteiger partial charge in [-0.05, 0) is 13.0 Å². The highest BCUT2D eigenvalue weighted by Gasteiger charge is 2.44. The molecule has 0 N–H and O–H groups in total. The van der Waals surface area contributed by atoms with Crippen molar-refractivity contribution in [3.63, 3.8) is 0 Å². The predicted octanol–water partition coefficient (Wildman–Crippen LogP) is 3.71. The molecule has 26 heavy (non-hydrogen) atoms. The molecule has 0 aromatic heterocycles. The first-order chi connectivity index (χ1) is 12.2. The fourth-order valence-corrected chi connectivity index (χ4v) is 3.66. The molecule has 1 heterocycles. The van der Waals surface area contributed by atoms with Crippen LogP contribution >= 0.6 is 0 Å². The number of carbonyl (C=O) groups is 1. The summed E-state index contributed by atoms with van der Waals surface area (Å²) in [5, 5.41) is 0. The molecule has 1 rings (SSSR count). The van der Waals surface area contributed by atoms with Gasteiger partial charge in [0.15, 0.2) is 0 Å². The van der Waals surface area contributed by atoms with E-state index in [1.807, 2.05) is 27.7 Å². The monoisotopic (exact) mass is 392 g/mol. The SMILES string of the molecule is CC.COCC1O[C@@H](C)C(OC(C)=O)[C@@H](C)[C@H]1OCOCC[Si](C)(C)C. The molecule has 1 fully saturated rings. The minimum Gasteiger partial charge on any atom is -0.459 e. The lowest BCUT2D eigenvalue weighted by atomic mass is 9.88. The van der Waals surface area contributed by atoms with E-state index in [1.165, 1.54) is 6.92 Å². The first-order valence-corrected chi connectivity index (χ1v) is 13.4. The first-order valence-electron chi connectivity index (χ1n) is 9.66. The second-order valence-corrected chi connectivity index (χ2v) is 13.4. The molecule has 0 radical (unpaired) electrons. The van der Waals surface area contributed by atoms with Crippen molar-refractivity contribution in [2.45, 2.75) is 84.7 Å². The van der Waals surface area contributed by atoms with Crippen LogP contribution in [0.15, 0.2) is 0 Å². The Balaban J connectivity index is 0.00000301. The summed E-state index contributed by atoms with van der Waals surface area (Å²) in [6.07, 6.45) is -0.968. The van der Waals surface area contributed by atoms with Gasteiger partial charge in [-0.2, -0.15) is 0 Å². The molecule has 1 saturated heterocycles. The van der Waals surface area contributed by atoms with Crippen LogP contribution in [0.2, 0.25) is 25.7 Å². The number of rotatable bonds is 9. The van der Waals surface area contributed by atoms with Gasteiger partial charge in [0.05, 0.1) is 18.8 Å². The number of methoxy groups -OCH3 is 1. The number of esters is 1. The Hall–Kier alpha value is -0.473. The van der Waals surface area contributed by atoms with Gasteiger partial charge in [0.1, 0.15) is 19.0 Å². The summed E-state index contributed by atoms with van der Waals surface area (Å²) in [4.78, 5) is 11.3. The zero-order valence-corrected chi connectivity index (χ0v) is 19.2. The van der Waals surface area contributed by atoms with E-state index in [9.17, 15) is 4.79 Å². The molecule has 5 atom stereocenters. The van der Waals surface area contributed by atoms with E-state index in [1.54, 1.807) is 7.11 Å². The van der Waals surface area contributed by atoms with Crippen LogP contribution in [-0.4, -0.2) is 65.6 Å². The van der Waals surface area contributed by atoms with Crippen molar-refractivity contribution >= 4 is 14.0 Å². The molecule has 0 amide bonds. The second kappa shape index (κ2) is 12.8. The number of hydrogen-bond acceptors (Lipinski definition) is 6. The molecule has 1 aliphatic heterocycles. The third-order valence-electron chi connectivity index (χ3n) is 4.23. The van der Waals surface area contributed by atoms with Gasteiger partial charge in [0.25, 0.3) is 0 Å². The smallest absolute Gasteiger partial charge is 0.303 e. The summed E-state index contributed by atoms with van der Waals surface area (Å²) in [5.74, 6) is -0.309. The molecule has 7 heteroatoms. The van der Waals surface area contributed by atoms with Crippen molar-refractivity contribution < 1.29 is 28.5 Å². The standard InChI is InChI=1S/C17H34O6Si.C2H6/c1-12-16(23-14(3)18)13(2)22-15(10-19-4)17(12)21-11-20-8-9-24(5,6)7;1-2/h12-13,15-17H,8-11H2,1-7H3;1-2H3/t12-,13+,15?,16?,17-;/m1./s1. The molecule has 0 aromatic rings. The zero-order chi connectivity index (χ0) is 20.3. The van der Waals surface area contributed by atoms with Crippen LogP contribution in [-0.2, 0) is 28.5 Å². The molecule has 0 bridgehead atoms. The lowest BCUT2D eigenvalue weighted by Gasteiger charge is -2.43. The number of ether oxygens (including phenoxy) is 5. The van der Waals surface area contributed by atoms with Gasteiger partial charge in [-0.25, -0.2) is 0 Å². The third kappa shape index (κ3) is 9.46. The van der Waals surface area contributed by atoms with E-state index in [0.29, 0.717) is 13.2 Å². The summed E-state index contributed by atoms with van der Waals surface area (Å²) in [6.45, 7) is 17.6. The fraction of sp³-hybridized carbons (Fsp3) is 0.947. The third-order valence-corrected chi connectivity index (χ3v) is 5.93. The van der Waals surface area contributed by atoms with Crippen LogP contribution in [0.5, 0.6) is 0 Å². The topological polar surface area (TPSA) is 63.2 Å². The maximum atomic E-state index is 11.3. The van der Waals surface area contributed by atoms with Crippen LogP contribution in [0, 0.1) is 5.92 Å². The summed E-state index contributed by atoms with van der Waals surface area (Å²) >= 11 is 0. The molecule has 1 aliphatic rings. The minimum absolute atomic E-state index is 0.00149. The number of hydrogen-bond donors (Lipinski definition) is 0. The van der Waals surface area contributed by atoms with Crippen LogP contribution in [0.25, 0.3) is 0 Å². The Morgan fingerprint density at radius 3 is 2.23 bits per heavy atom. The summed E-state index contributed by atoms with van der Waals surface area (Å²) < 4.78 is 28.2. The van der Waals surface area contributed by atoms with Gasteiger partial charge >= 0.3 is 5.97 Å². The van der Waals surface area contributed by atoms with E-state index in [-0.39, 0.29) is 43.1 Å². The van der Waals surface area contributed by atoms with Crippen LogP contribution < -0.4 is 0 Å². The highest BCUT2D eigenvalue weighted by Crippen LogP contribution is 2.30. The Bertz CT molecular complexity index is 385. The second-order valence-electron chi connectivity index (χ2n) is 7.74. The molecule has 0 aromatic carbocycles. The van der Waals surface area contributed by atoms with Crippen molar-refractivity contribution in [1.82, 2.24) is 0 Å². The fourth-order valence-electron chi connectivity index (χ4n) is 2.90. The molecular formula is C19H40O6Si. The van der Waals surface area contributed by atoms with Crippen molar-refractivity contribution in [2.24, 2.45) is 5.92 Å². The lowest BCUT2D eigenvalue weighted by molar-refractivity contribution is -0.242. The van der Waals surface area contributed by atoms with Crippen LogP contribution in [0.3, 0.4) is 0 Å². The van der Waals surface area contributed by atoms with E-state index in [0.717, 1.165) is 6.04 Å². The molecule has 0 aliphatic carbocycles. The quantitative estimate of drug-likeness (QED) is 0.258. The predicted molar refractivity (Wildman–Crippen MR) is 106 cm³/mol. The maximum Gasteiger partial charge on any atom is 0.303 e. The summed E-state index contributed by atoms with van der Waals surface area (Å²) in [6, 6.07) is 1.10. The van der Waals surface area contributed by atoms with E-state index >= 15 is 0 Å². The van der Waals surface area contributed by atoms with E-state index in [4.69, 9.17) is 23.7 Å². The Morgan fingerprint density at radius 2 is 1.73 bits per heavy atom. The molecule has 156 valence electrons. The van der Waals surface area contributed by atoms with Crippen molar-refractivity contribution in [1.29, 1.82) is 0 Å². The van der Waals surface area contributed by atoms with Gasteiger partial charge in [0.2, 0.25) is 0 Å². The Labute approximate surface area is 160 Å². The highest BCUT2D eigenvalue weighted by molar-refractivity contribution is 6.76. The zero-order valence-electron chi connectivity index (χ0n) is 18.2. The van der Waals surface area contributed by atoms with E-state index in [2.05, 4.69) is 19.6 Å². The van der Waals surface area contributed by atoms with E-state index < -0.39 is 8.07 Å². The lowest BCUT2D eigenvalue weighted by Crippen LogP contribution is -2.56. The normalized spacial score (nSPS) is 28.9. The van der Waals surface area contributed by atoms with Gasteiger partial charge in [-0.1, -0.05) is 40.4 Å². The van der Waals surface area contributed by atoms with Gasteiger partial charge in [0, 0.05) is 34.6 Å². The van der Waals surface area contributed by atoms with Gasteiger partial charge < -0.3 is 23.7 Å². The Kier molecular flexibility index (Phi) is 12.6. The molecular weight excluding hydrogens is 352 g/mol. The van der Waals surface area contributed by atoms with Crippen molar-refractivity contribution in [3.8, 4) is 0 Å². The number of carbonyl (C=O) groups excluding carboxylic acids is 1. The van der Waals surface area contributed by atoms with Gasteiger partial charge in [-0.3, -0.25) is 4.79 Å². The van der Waals surface area contributed by atoms with Gasteiger partial charge in [-0.15, -0.1) is 0 Å². The van der Waals surface area contributed by atoms with Crippen LogP contribution in [0.4, 0.5) is 0 Å². The molecule has 6 nitrogen and oxygen atoms in total. The Morgan fingerprint density at radius 1 is 1.12 bits per heavy atom. The molecule has 0 spiro atoms. The molecule has 2 unspecified atom stereocenters. The summed E-state index contributed by atoms with van der Waals surface area (Å²) in [7, 11) is 0.530. The average Bonchev–Trinajstić information content (AvgIpc) is 2.54. The highest BCUT2D eigenvalue weighted by atomic mass is 28.3.